The van der Waals surface area contributed by atoms with Crippen LogP contribution < -0.4 is 5.32 Å². The van der Waals surface area contributed by atoms with E-state index in [2.05, 4.69) is 5.32 Å². The van der Waals surface area contributed by atoms with Crippen molar-refractivity contribution in [3.05, 3.63) is 30.3 Å². The van der Waals surface area contributed by atoms with E-state index in [1.807, 2.05) is 62.9 Å². The molecule has 88 valence electrons. The van der Waals surface area contributed by atoms with Gasteiger partial charge in [0, 0.05) is 17.8 Å². The minimum atomic E-state index is -0.0452. The number of rotatable bonds is 3. The standard InChI is InChI=1S/C13H20N2O/c1-10(2)15(11(3)4)13(16)14-12-8-6-5-7-9-12/h5-11H,1-4H3,(H,14,16). The van der Waals surface area contributed by atoms with Crippen molar-refractivity contribution in [1.29, 1.82) is 0 Å². The summed E-state index contributed by atoms with van der Waals surface area (Å²) in [5.41, 5.74) is 0.832. The molecule has 1 aromatic carbocycles. The quantitative estimate of drug-likeness (QED) is 0.832. The van der Waals surface area contributed by atoms with Crippen molar-refractivity contribution in [3.8, 4) is 0 Å². The maximum Gasteiger partial charge on any atom is 0.322 e. The first-order chi connectivity index (χ1) is 7.52. The fourth-order valence-corrected chi connectivity index (χ4v) is 1.77. The predicted molar refractivity (Wildman–Crippen MR) is 67.6 cm³/mol. The second-order valence-electron chi connectivity index (χ2n) is 4.39. The maximum absolute atomic E-state index is 12.0. The summed E-state index contributed by atoms with van der Waals surface area (Å²) in [7, 11) is 0. The van der Waals surface area contributed by atoms with E-state index in [4.69, 9.17) is 0 Å². The average molecular weight is 220 g/mol. The molecule has 0 saturated carbocycles. The zero-order valence-corrected chi connectivity index (χ0v) is 10.4. The number of amides is 2. The topological polar surface area (TPSA) is 32.3 Å². The molecule has 3 heteroatoms. The summed E-state index contributed by atoms with van der Waals surface area (Å²) in [4.78, 5) is 13.8. The van der Waals surface area contributed by atoms with Crippen LogP contribution in [0.15, 0.2) is 30.3 Å². The van der Waals surface area contributed by atoms with E-state index in [0.717, 1.165) is 5.69 Å². The number of urea groups is 1. The highest BCUT2D eigenvalue weighted by molar-refractivity contribution is 5.89. The zero-order chi connectivity index (χ0) is 12.1. The van der Waals surface area contributed by atoms with Crippen LogP contribution in [0, 0.1) is 0 Å². The van der Waals surface area contributed by atoms with Crippen LogP contribution in [0.3, 0.4) is 0 Å². The number of nitrogens with one attached hydrogen (secondary N) is 1. The predicted octanol–water partition coefficient (Wildman–Crippen LogP) is 3.34. The van der Waals surface area contributed by atoms with Gasteiger partial charge in [0.05, 0.1) is 0 Å². The van der Waals surface area contributed by atoms with Gasteiger partial charge in [-0.3, -0.25) is 0 Å². The smallest absolute Gasteiger partial charge is 0.320 e. The van der Waals surface area contributed by atoms with Crippen LogP contribution in [0.25, 0.3) is 0 Å². The summed E-state index contributed by atoms with van der Waals surface area (Å²) in [6, 6.07) is 9.87. The van der Waals surface area contributed by atoms with Gasteiger partial charge in [0.15, 0.2) is 0 Å². The molecular weight excluding hydrogens is 200 g/mol. The molecule has 0 aromatic heterocycles. The lowest BCUT2D eigenvalue weighted by Gasteiger charge is -2.30. The van der Waals surface area contributed by atoms with Crippen LogP contribution in [0.4, 0.5) is 10.5 Å². The van der Waals surface area contributed by atoms with E-state index in [1.165, 1.54) is 0 Å². The Morgan fingerprint density at radius 1 is 1.06 bits per heavy atom. The first-order valence-electron chi connectivity index (χ1n) is 5.66. The van der Waals surface area contributed by atoms with Crippen molar-refractivity contribution in [2.24, 2.45) is 0 Å². The Balaban J connectivity index is 2.70. The van der Waals surface area contributed by atoms with Crippen LogP contribution in [-0.2, 0) is 0 Å². The second-order valence-corrected chi connectivity index (χ2v) is 4.39. The van der Waals surface area contributed by atoms with Crippen molar-refractivity contribution in [2.45, 2.75) is 39.8 Å². The number of hydrogen-bond donors (Lipinski definition) is 1. The Morgan fingerprint density at radius 3 is 2.00 bits per heavy atom. The molecule has 0 radical (unpaired) electrons. The lowest BCUT2D eigenvalue weighted by atomic mass is 10.2. The minimum Gasteiger partial charge on any atom is -0.320 e. The van der Waals surface area contributed by atoms with Crippen molar-refractivity contribution < 1.29 is 4.79 Å². The van der Waals surface area contributed by atoms with Crippen molar-refractivity contribution in [2.75, 3.05) is 5.32 Å². The number of benzene rings is 1. The lowest BCUT2D eigenvalue weighted by molar-refractivity contribution is 0.178. The molecule has 3 nitrogen and oxygen atoms in total. The Hall–Kier alpha value is -1.51. The van der Waals surface area contributed by atoms with Crippen molar-refractivity contribution >= 4 is 11.7 Å². The number of para-hydroxylation sites is 1. The van der Waals surface area contributed by atoms with E-state index in [1.54, 1.807) is 0 Å². The monoisotopic (exact) mass is 220 g/mol. The van der Waals surface area contributed by atoms with E-state index in [9.17, 15) is 4.79 Å². The third kappa shape index (κ3) is 3.26. The number of hydrogen-bond acceptors (Lipinski definition) is 1. The summed E-state index contributed by atoms with van der Waals surface area (Å²) in [5.74, 6) is 0. The van der Waals surface area contributed by atoms with E-state index < -0.39 is 0 Å². The Labute approximate surface area is 97.5 Å². The highest BCUT2D eigenvalue weighted by atomic mass is 16.2. The molecule has 1 N–H and O–H groups in total. The molecule has 2 amide bonds. The summed E-state index contributed by atoms with van der Waals surface area (Å²) in [5, 5.41) is 2.89. The van der Waals surface area contributed by atoms with Crippen LogP contribution in [-0.4, -0.2) is 23.0 Å². The van der Waals surface area contributed by atoms with Gasteiger partial charge in [0.1, 0.15) is 0 Å². The van der Waals surface area contributed by atoms with Gasteiger partial charge in [0.2, 0.25) is 0 Å². The van der Waals surface area contributed by atoms with Gasteiger partial charge in [-0.05, 0) is 39.8 Å². The molecular formula is C13H20N2O. The normalized spacial score (nSPS) is 10.6. The Morgan fingerprint density at radius 2 is 1.56 bits per heavy atom. The molecule has 0 saturated heterocycles. The summed E-state index contributed by atoms with van der Waals surface area (Å²) in [6.07, 6.45) is 0. The highest BCUT2D eigenvalue weighted by Crippen LogP contribution is 2.10. The van der Waals surface area contributed by atoms with Crippen molar-refractivity contribution in [3.63, 3.8) is 0 Å². The summed E-state index contributed by atoms with van der Waals surface area (Å²) < 4.78 is 0. The number of carbonyl (C=O) groups is 1. The third-order valence-electron chi connectivity index (χ3n) is 2.37. The molecule has 0 heterocycles. The Kier molecular flexibility index (Phi) is 4.35. The molecule has 0 aliphatic heterocycles. The largest absolute Gasteiger partial charge is 0.322 e. The van der Waals surface area contributed by atoms with E-state index >= 15 is 0 Å². The second kappa shape index (κ2) is 5.54. The van der Waals surface area contributed by atoms with Gasteiger partial charge in [-0.1, -0.05) is 18.2 Å². The maximum atomic E-state index is 12.0. The molecule has 0 aliphatic rings. The van der Waals surface area contributed by atoms with Crippen LogP contribution >= 0.6 is 0 Å². The molecule has 0 bridgehead atoms. The number of nitrogens with zero attached hydrogens (tertiary/aromatic N) is 1. The van der Waals surface area contributed by atoms with Gasteiger partial charge < -0.3 is 10.2 Å². The molecule has 0 spiro atoms. The summed E-state index contributed by atoms with van der Waals surface area (Å²) >= 11 is 0. The van der Waals surface area contributed by atoms with Gasteiger partial charge in [-0.15, -0.1) is 0 Å². The van der Waals surface area contributed by atoms with E-state index in [-0.39, 0.29) is 18.1 Å². The average Bonchev–Trinajstić information content (AvgIpc) is 2.17. The lowest BCUT2D eigenvalue weighted by Crippen LogP contribution is -2.44. The Bertz CT molecular complexity index is 325. The SMILES string of the molecule is CC(C)N(C(=O)Nc1ccccc1)C(C)C. The molecule has 1 rings (SSSR count). The zero-order valence-electron chi connectivity index (χ0n) is 10.4. The van der Waals surface area contributed by atoms with Crippen LogP contribution in [0.5, 0.6) is 0 Å². The van der Waals surface area contributed by atoms with Gasteiger partial charge >= 0.3 is 6.03 Å². The first-order valence-corrected chi connectivity index (χ1v) is 5.66. The summed E-state index contributed by atoms with van der Waals surface area (Å²) in [6.45, 7) is 8.07. The number of carbonyl (C=O) groups excluding carboxylic acids is 1. The molecule has 0 aliphatic carbocycles. The van der Waals surface area contributed by atoms with Gasteiger partial charge in [-0.25, -0.2) is 4.79 Å². The molecule has 0 fully saturated rings. The third-order valence-corrected chi connectivity index (χ3v) is 2.37. The molecule has 0 unspecified atom stereocenters. The molecule has 0 atom stereocenters. The molecule has 1 aromatic rings. The van der Waals surface area contributed by atoms with E-state index in [0.29, 0.717) is 0 Å². The van der Waals surface area contributed by atoms with Crippen LogP contribution in [0.2, 0.25) is 0 Å². The number of anilines is 1. The van der Waals surface area contributed by atoms with Gasteiger partial charge in [-0.2, -0.15) is 0 Å². The minimum absolute atomic E-state index is 0.0452. The fraction of sp³-hybridized carbons (Fsp3) is 0.462. The first kappa shape index (κ1) is 12.6. The fourth-order valence-electron chi connectivity index (χ4n) is 1.77. The van der Waals surface area contributed by atoms with Crippen molar-refractivity contribution in [1.82, 2.24) is 4.90 Å². The highest BCUT2D eigenvalue weighted by Gasteiger charge is 2.19. The molecule has 16 heavy (non-hydrogen) atoms. The van der Waals surface area contributed by atoms with Gasteiger partial charge in [0.25, 0.3) is 0 Å². The van der Waals surface area contributed by atoms with Crippen LogP contribution in [0.1, 0.15) is 27.7 Å².